The summed E-state index contributed by atoms with van der Waals surface area (Å²) < 4.78 is 23.5. The van der Waals surface area contributed by atoms with Crippen molar-refractivity contribution in [1.29, 1.82) is 0 Å². The van der Waals surface area contributed by atoms with Crippen molar-refractivity contribution >= 4 is 11.7 Å². The SMILES string of the molecule is CNc1ncc(F)cc1C(=O)N(CCOC)C(C)COC. The van der Waals surface area contributed by atoms with Gasteiger partial charge in [-0.25, -0.2) is 9.37 Å². The quantitative estimate of drug-likeness (QED) is 0.786. The van der Waals surface area contributed by atoms with Gasteiger partial charge in [-0.15, -0.1) is 0 Å². The fourth-order valence-corrected chi connectivity index (χ4v) is 2.00. The number of anilines is 1. The Morgan fingerprint density at radius 2 is 2.19 bits per heavy atom. The Morgan fingerprint density at radius 1 is 1.48 bits per heavy atom. The van der Waals surface area contributed by atoms with Crippen LogP contribution >= 0.6 is 0 Å². The van der Waals surface area contributed by atoms with E-state index < -0.39 is 5.82 Å². The highest BCUT2D eigenvalue weighted by molar-refractivity contribution is 5.98. The van der Waals surface area contributed by atoms with Crippen LogP contribution in [0.5, 0.6) is 0 Å². The van der Waals surface area contributed by atoms with Crippen molar-refractivity contribution < 1.29 is 18.7 Å². The van der Waals surface area contributed by atoms with Crippen LogP contribution < -0.4 is 5.32 Å². The molecule has 0 bridgehead atoms. The molecule has 0 aromatic carbocycles. The van der Waals surface area contributed by atoms with Crippen LogP contribution in [-0.4, -0.2) is 62.9 Å². The molecule has 118 valence electrons. The number of carbonyl (C=O) groups excluding carboxylic acids is 1. The summed E-state index contributed by atoms with van der Waals surface area (Å²) in [5.41, 5.74) is 0.191. The molecule has 0 radical (unpaired) electrons. The van der Waals surface area contributed by atoms with Gasteiger partial charge in [-0.05, 0) is 13.0 Å². The summed E-state index contributed by atoms with van der Waals surface area (Å²) in [5, 5.41) is 2.80. The van der Waals surface area contributed by atoms with Crippen molar-refractivity contribution in [2.75, 3.05) is 46.3 Å². The first-order valence-electron chi connectivity index (χ1n) is 6.67. The van der Waals surface area contributed by atoms with Crippen LogP contribution in [0.25, 0.3) is 0 Å². The number of nitrogens with zero attached hydrogens (tertiary/aromatic N) is 2. The van der Waals surface area contributed by atoms with Gasteiger partial charge in [-0.2, -0.15) is 0 Å². The Bertz CT molecular complexity index is 471. The summed E-state index contributed by atoms with van der Waals surface area (Å²) in [6, 6.07) is 1.02. The summed E-state index contributed by atoms with van der Waals surface area (Å²) in [6.07, 6.45) is 1.07. The third-order valence-corrected chi connectivity index (χ3v) is 3.06. The van der Waals surface area contributed by atoms with E-state index in [1.54, 1.807) is 26.2 Å². The van der Waals surface area contributed by atoms with Crippen LogP contribution in [-0.2, 0) is 9.47 Å². The number of carbonyl (C=O) groups is 1. The number of hydrogen-bond donors (Lipinski definition) is 1. The van der Waals surface area contributed by atoms with Crippen LogP contribution in [0, 0.1) is 5.82 Å². The summed E-state index contributed by atoms with van der Waals surface area (Å²) >= 11 is 0. The van der Waals surface area contributed by atoms with Crippen molar-refractivity contribution in [3.63, 3.8) is 0 Å². The number of hydrogen-bond acceptors (Lipinski definition) is 5. The lowest BCUT2D eigenvalue weighted by atomic mass is 10.2. The van der Waals surface area contributed by atoms with Gasteiger partial charge in [0, 0.05) is 27.8 Å². The molecule has 1 aromatic rings. The van der Waals surface area contributed by atoms with E-state index in [0.29, 0.717) is 25.6 Å². The molecule has 6 nitrogen and oxygen atoms in total. The van der Waals surface area contributed by atoms with Crippen LogP contribution in [0.2, 0.25) is 0 Å². The fourth-order valence-electron chi connectivity index (χ4n) is 2.00. The van der Waals surface area contributed by atoms with Gasteiger partial charge in [0.2, 0.25) is 0 Å². The van der Waals surface area contributed by atoms with Gasteiger partial charge in [0.05, 0.1) is 31.0 Å². The normalized spacial score (nSPS) is 12.0. The van der Waals surface area contributed by atoms with Gasteiger partial charge in [-0.1, -0.05) is 0 Å². The molecule has 1 heterocycles. The van der Waals surface area contributed by atoms with Crippen LogP contribution in [0.3, 0.4) is 0 Å². The molecule has 0 aliphatic heterocycles. The van der Waals surface area contributed by atoms with Crippen molar-refractivity contribution in [2.45, 2.75) is 13.0 Å². The van der Waals surface area contributed by atoms with E-state index in [1.807, 2.05) is 6.92 Å². The Kier molecular flexibility index (Phi) is 7.04. The number of halogens is 1. The largest absolute Gasteiger partial charge is 0.383 e. The van der Waals surface area contributed by atoms with Gasteiger partial charge >= 0.3 is 0 Å². The molecule has 0 saturated carbocycles. The zero-order chi connectivity index (χ0) is 15.8. The number of rotatable bonds is 8. The molecular weight excluding hydrogens is 277 g/mol. The van der Waals surface area contributed by atoms with Crippen molar-refractivity contribution in [3.8, 4) is 0 Å². The van der Waals surface area contributed by atoms with Gasteiger partial charge < -0.3 is 19.7 Å². The second kappa shape index (κ2) is 8.53. The van der Waals surface area contributed by atoms with E-state index in [1.165, 1.54) is 6.07 Å². The van der Waals surface area contributed by atoms with E-state index in [4.69, 9.17) is 9.47 Å². The van der Waals surface area contributed by atoms with E-state index >= 15 is 0 Å². The minimum absolute atomic E-state index is 0.161. The zero-order valence-corrected chi connectivity index (χ0v) is 12.9. The summed E-state index contributed by atoms with van der Waals surface area (Å²) in [6.45, 7) is 3.02. The second-order valence-corrected chi connectivity index (χ2v) is 4.60. The lowest BCUT2D eigenvalue weighted by Gasteiger charge is -2.29. The van der Waals surface area contributed by atoms with Crippen molar-refractivity contribution in [2.24, 2.45) is 0 Å². The number of ether oxygens (including phenoxy) is 2. The lowest BCUT2D eigenvalue weighted by Crippen LogP contribution is -2.43. The second-order valence-electron chi connectivity index (χ2n) is 4.60. The topological polar surface area (TPSA) is 63.7 Å². The van der Waals surface area contributed by atoms with Gasteiger partial charge in [-0.3, -0.25) is 4.79 Å². The molecule has 0 aliphatic carbocycles. The molecule has 0 spiro atoms. The molecule has 1 N–H and O–H groups in total. The molecular formula is C14H22FN3O3. The average molecular weight is 299 g/mol. The maximum absolute atomic E-state index is 13.4. The number of methoxy groups -OCH3 is 2. The minimum atomic E-state index is -0.552. The summed E-state index contributed by atoms with van der Waals surface area (Å²) in [7, 11) is 4.76. The van der Waals surface area contributed by atoms with E-state index in [9.17, 15) is 9.18 Å². The summed E-state index contributed by atoms with van der Waals surface area (Å²) in [5.74, 6) is -0.523. The monoisotopic (exact) mass is 299 g/mol. The van der Waals surface area contributed by atoms with Gasteiger partial charge in [0.25, 0.3) is 5.91 Å². The van der Waals surface area contributed by atoms with Crippen molar-refractivity contribution in [1.82, 2.24) is 9.88 Å². The highest BCUT2D eigenvalue weighted by Crippen LogP contribution is 2.17. The molecule has 1 atom stereocenters. The molecule has 1 rings (SSSR count). The first-order chi connectivity index (χ1) is 10.0. The van der Waals surface area contributed by atoms with Crippen molar-refractivity contribution in [3.05, 3.63) is 23.6 Å². The molecule has 0 fully saturated rings. The third-order valence-electron chi connectivity index (χ3n) is 3.06. The predicted octanol–water partition coefficient (Wildman–Crippen LogP) is 1.39. The van der Waals surface area contributed by atoms with Crippen LogP contribution in [0.15, 0.2) is 12.3 Å². The molecule has 1 aromatic heterocycles. The summed E-state index contributed by atoms with van der Waals surface area (Å²) in [4.78, 5) is 18.1. The predicted molar refractivity (Wildman–Crippen MR) is 78.0 cm³/mol. The number of amides is 1. The van der Waals surface area contributed by atoms with E-state index in [0.717, 1.165) is 6.20 Å². The average Bonchev–Trinajstić information content (AvgIpc) is 2.47. The Morgan fingerprint density at radius 3 is 2.76 bits per heavy atom. The smallest absolute Gasteiger partial charge is 0.258 e. The molecule has 0 aliphatic rings. The molecule has 1 amide bonds. The lowest BCUT2D eigenvalue weighted by molar-refractivity contribution is 0.0479. The molecule has 1 unspecified atom stereocenters. The first-order valence-corrected chi connectivity index (χ1v) is 6.67. The standard InChI is InChI=1S/C14H22FN3O3/c1-10(9-21-4)18(5-6-20-3)14(19)12-7-11(15)8-17-13(12)16-2/h7-8,10H,5-6,9H2,1-4H3,(H,16,17). The first kappa shape index (κ1) is 17.3. The Balaban J connectivity index is 3.06. The van der Waals surface area contributed by atoms with E-state index in [2.05, 4.69) is 10.3 Å². The number of pyridine rings is 1. The number of nitrogens with one attached hydrogen (secondary N) is 1. The Labute approximate surface area is 124 Å². The fraction of sp³-hybridized carbons (Fsp3) is 0.571. The number of aromatic nitrogens is 1. The molecule has 21 heavy (non-hydrogen) atoms. The molecule has 0 saturated heterocycles. The minimum Gasteiger partial charge on any atom is -0.383 e. The third kappa shape index (κ3) is 4.64. The van der Waals surface area contributed by atoms with Crippen LogP contribution in [0.4, 0.5) is 10.2 Å². The van der Waals surface area contributed by atoms with Crippen LogP contribution in [0.1, 0.15) is 17.3 Å². The maximum Gasteiger partial charge on any atom is 0.258 e. The highest BCUT2D eigenvalue weighted by atomic mass is 19.1. The molecule has 7 heteroatoms. The van der Waals surface area contributed by atoms with E-state index in [-0.39, 0.29) is 17.5 Å². The Hall–Kier alpha value is -1.73. The van der Waals surface area contributed by atoms with Gasteiger partial charge in [0.15, 0.2) is 0 Å². The maximum atomic E-state index is 13.4. The highest BCUT2D eigenvalue weighted by Gasteiger charge is 2.24. The zero-order valence-electron chi connectivity index (χ0n) is 12.9. The van der Waals surface area contributed by atoms with Gasteiger partial charge in [0.1, 0.15) is 11.6 Å².